The molecule has 0 atom stereocenters. The molecule has 0 heterocycles. The third kappa shape index (κ3) is 5.82. The zero-order chi connectivity index (χ0) is 20.8. The summed E-state index contributed by atoms with van der Waals surface area (Å²) in [4.78, 5) is 12.2. The Kier molecular flexibility index (Phi) is 6.90. The summed E-state index contributed by atoms with van der Waals surface area (Å²) in [6, 6.07) is 16.9. The van der Waals surface area contributed by atoms with Crippen molar-refractivity contribution >= 4 is 44.0 Å². The van der Waals surface area contributed by atoms with Gasteiger partial charge in [-0.3, -0.25) is 4.79 Å². The number of benzene rings is 3. The molecular weight excluding hydrogens is 504 g/mol. The topological polar surface area (TPSA) is 91.2 Å². The summed E-state index contributed by atoms with van der Waals surface area (Å²) < 4.78 is 7.70. The Morgan fingerprint density at radius 1 is 1.00 bits per heavy atom. The number of aromatic hydroxyl groups is 2. The van der Waals surface area contributed by atoms with Crippen LogP contribution in [-0.2, 0) is 6.61 Å². The van der Waals surface area contributed by atoms with E-state index in [1.54, 1.807) is 12.1 Å². The van der Waals surface area contributed by atoms with Crippen molar-refractivity contribution in [1.82, 2.24) is 5.43 Å². The molecule has 0 radical (unpaired) electrons. The SMILES string of the molecule is O=C(NN=Cc1cc(Br)ccc1OCc1ccc(Br)cc1)c1cc(O)ccc1O. The van der Waals surface area contributed by atoms with Gasteiger partial charge in [0.15, 0.2) is 0 Å². The van der Waals surface area contributed by atoms with Crippen LogP contribution >= 0.6 is 31.9 Å². The summed E-state index contributed by atoms with van der Waals surface area (Å²) in [7, 11) is 0. The number of rotatable bonds is 6. The third-order valence-corrected chi connectivity index (χ3v) is 4.90. The molecule has 1 amide bonds. The molecule has 0 aromatic heterocycles. The lowest BCUT2D eigenvalue weighted by Gasteiger charge is -2.10. The summed E-state index contributed by atoms with van der Waals surface area (Å²) in [6.07, 6.45) is 1.44. The van der Waals surface area contributed by atoms with Crippen molar-refractivity contribution in [2.24, 2.45) is 5.10 Å². The van der Waals surface area contributed by atoms with Crippen LogP contribution in [0.1, 0.15) is 21.5 Å². The molecule has 29 heavy (non-hydrogen) atoms. The number of nitrogens with zero attached hydrogens (tertiary/aromatic N) is 1. The number of hydrogen-bond donors (Lipinski definition) is 3. The molecule has 3 aromatic rings. The molecule has 0 aliphatic carbocycles. The number of halogens is 2. The van der Waals surface area contributed by atoms with E-state index < -0.39 is 5.91 Å². The predicted octanol–water partition coefficient (Wildman–Crippen LogP) is 4.97. The van der Waals surface area contributed by atoms with Gasteiger partial charge in [0.2, 0.25) is 0 Å². The highest BCUT2D eigenvalue weighted by molar-refractivity contribution is 9.10. The highest BCUT2D eigenvalue weighted by Gasteiger charge is 2.11. The van der Waals surface area contributed by atoms with Crippen LogP contribution in [0.2, 0.25) is 0 Å². The van der Waals surface area contributed by atoms with Gasteiger partial charge in [-0.1, -0.05) is 44.0 Å². The Bertz CT molecular complexity index is 1050. The minimum absolute atomic E-state index is 0.0805. The van der Waals surface area contributed by atoms with E-state index in [4.69, 9.17) is 4.74 Å². The fourth-order valence-corrected chi connectivity index (χ4v) is 3.06. The Hall–Kier alpha value is -2.84. The summed E-state index contributed by atoms with van der Waals surface area (Å²) in [5, 5.41) is 23.1. The number of ether oxygens (including phenoxy) is 1. The quantitative estimate of drug-likeness (QED) is 0.244. The average molecular weight is 520 g/mol. The van der Waals surface area contributed by atoms with Crippen molar-refractivity contribution in [3.63, 3.8) is 0 Å². The lowest BCUT2D eigenvalue weighted by atomic mass is 10.2. The van der Waals surface area contributed by atoms with E-state index >= 15 is 0 Å². The number of carbonyl (C=O) groups excluding carboxylic acids is 1. The minimum Gasteiger partial charge on any atom is -0.508 e. The number of nitrogens with one attached hydrogen (secondary N) is 1. The van der Waals surface area contributed by atoms with Gasteiger partial charge < -0.3 is 14.9 Å². The van der Waals surface area contributed by atoms with Crippen molar-refractivity contribution in [2.75, 3.05) is 0 Å². The molecular formula is C21H16Br2N2O4. The van der Waals surface area contributed by atoms with Crippen LogP contribution < -0.4 is 10.2 Å². The number of amides is 1. The summed E-state index contributed by atoms with van der Waals surface area (Å²) in [5.74, 6) is -0.444. The maximum atomic E-state index is 12.2. The summed E-state index contributed by atoms with van der Waals surface area (Å²) >= 11 is 6.80. The Balaban J connectivity index is 1.71. The van der Waals surface area contributed by atoms with Crippen LogP contribution in [0.4, 0.5) is 0 Å². The second-order valence-corrected chi connectivity index (χ2v) is 7.83. The molecule has 6 nitrogen and oxygen atoms in total. The number of phenolic OH excluding ortho intramolecular Hbond substituents is 2. The van der Waals surface area contributed by atoms with Gasteiger partial charge in [-0.25, -0.2) is 5.43 Å². The molecule has 0 fully saturated rings. The van der Waals surface area contributed by atoms with Gasteiger partial charge in [0.25, 0.3) is 5.91 Å². The van der Waals surface area contributed by atoms with Crippen molar-refractivity contribution in [1.29, 1.82) is 0 Å². The second kappa shape index (κ2) is 9.58. The molecule has 0 saturated heterocycles. The van der Waals surface area contributed by atoms with E-state index in [1.807, 2.05) is 30.3 Å². The van der Waals surface area contributed by atoms with Crippen LogP contribution in [0.3, 0.4) is 0 Å². The smallest absolute Gasteiger partial charge is 0.275 e. The molecule has 0 saturated carbocycles. The lowest BCUT2D eigenvalue weighted by Crippen LogP contribution is -2.17. The van der Waals surface area contributed by atoms with E-state index in [0.717, 1.165) is 20.6 Å². The van der Waals surface area contributed by atoms with E-state index in [2.05, 4.69) is 42.4 Å². The fraction of sp³-hybridized carbons (Fsp3) is 0.0476. The fourth-order valence-electron chi connectivity index (χ4n) is 2.42. The second-order valence-electron chi connectivity index (χ2n) is 6.00. The minimum atomic E-state index is -0.651. The van der Waals surface area contributed by atoms with Gasteiger partial charge in [0.1, 0.15) is 23.9 Å². The van der Waals surface area contributed by atoms with Crippen LogP contribution in [0.15, 0.2) is 74.7 Å². The predicted molar refractivity (Wildman–Crippen MR) is 117 cm³/mol. The average Bonchev–Trinajstić information content (AvgIpc) is 2.70. The van der Waals surface area contributed by atoms with Gasteiger partial charge in [-0.05, 0) is 54.1 Å². The molecule has 0 aliphatic rings. The Morgan fingerprint density at radius 3 is 2.48 bits per heavy atom. The molecule has 148 valence electrons. The molecule has 8 heteroatoms. The first-order valence-electron chi connectivity index (χ1n) is 8.44. The molecule has 0 unspecified atom stereocenters. The number of hydrogen-bond acceptors (Lipinski definition) is 5. The highest BCUT2D eigenvalue weighted by Crippen LogP contribution is 2.24. The molecule has 0 bridgehead atoms. The number of phenols is 2. The largest absolute Gasteiger partial charge is 0.508 e. The molecule has 3 rings (SSSR count). The first kappa shape index (κ1) is 20.9. The van der Waals surface area contributed by atoms with Gasteiger partial charge in [-0.15, -0.1) is 0 Å². The molecule has 0 spiro atoms. The Morgan fingerprint density at radius 2 is 1.72 bits per heavy atom. The first-order valence-corrected chi connectivity index (χ1v) is 10.0. The third-order valence-electron chi connectivity index (χ3n) is 3.87. The molecule has 3 aromatic carbocycles. The van der Waals surface area contributed by atoms with Gasteiger partial charge in [0, 0.05) is 14.5 Å². The van der Waals surface area contributed by atoms with Gasteiger partial charge >= 0.3 is 0 Å². The van der Waals surface area contributed by atoms with Crippen molar-refractivity contribution < 1.29 is 19.7 Å². The zero-order valence-electron chi connectivity index (χ0n) is 15.0. The van der Waals surface area contributed by atoms with E-state index in [1.165, 1.54) is 18.3 Å². The maximum absolute atomic E-state index is 12.2. The van der Waals surface area contributed by atoms with E-state index in [9.17, 15) is 15.0 Å². The number of carbonyl (C=O) groups is 1. The lowest BCUT2D eigenvalue weighted by molar-refractivity contribution is 0.0952. The van der Waals surface area contributed by atoms with Crippen molar-refractivity contribution in [3.8, 4) is 17.2 Å². The van der Waals surface area contributed by atoms with Crippen LogP contribution in [0.5, 0.6) is 17.2 Å². The number of hydrazone groups is 1. The maximum Gasteiger partial charge on any atom is 0.275 e. The first-order chi connectivity index (χ1) is 13.9. The summed E-state index contributed by atoms with van der Waals surface area (Å²) in [5.41, 5.74) is 3.90. The monoisotopic (exact) mass is 518 g/mol. The van der Waals surface area contributed by atoms with Crippen molar-refractivity contribution in [3.05, 3.63) is 86.3 Å². The van der Waals surface area contributed by atoms with Crippen molar-refractivity contribution in [2.45, 2.75) is 6.61 Å². The molecule has 0 aliphatic heterocycles. The Labute approximate surface area is 184 Å². The van der Waals surface area contributed by atoms with E-state index in [-0.39, 0.29) is 17.1 Å². The van der Waals surface area contributed by atoms with E-state index in [0.29, 0.717) is 17.9 Å². The zero-order valence-corrected chi connectivity index (χ0v) is 18.1. The molecule has 3 N–H and O–H groups in total. The standard InChI is InChI=1S/C21H16Br2N2O4/c22-15-3-1-13(2-4-15)12-29-20-8-5-16(23)9-14(20)11-24-25-21(28)18-10-17(26)6-7-19(18)27/h1-11,26-27H,12H2,(H,25,28). The van der Waals surface area contributed by atoms with Gasteiger partial charge in [-0.2, -0.15) is 5.10 Å². The highest BCUT2D eigenvalue weighted by atomic mass is 79.9. The normalized spacial score (nSPS) is 10.8. The summed E-state index contributed by atoms with van der Waals surface area (Å²) in [6.45, 7) is 0.374. The van der Waals surface area contributed by atoms with Crippen LogP contribution in [-0.4, -0.2) is 22.3 Å². The van der Waals surface area contributed by atoms with Crippen LogP contribution in [0, 0.1) is 0 Å². The van der Waals surface area contributed by atoms with Gasteiger partial charge in [0.05, 0.1) is 11.8 Å². The van der Waals surface area contributed by atoms with Crippen LogP contribution in [0.25, 0.3) is 0 Å².